The summed E-state index contributed by atoms with van der Waals surface area (Å²) in [7, 11) is -4.27. The number of aromatic nitrogens is 1. The Bertz CT molecular complexity index is 1330. The van der Waals surface area contributed by atoms with Gasteiger partial charge in [-0.05, 0) is 31.0 Å². The molecule has 0 radical (unpaired) electrons. The zero-order valence-electron chi connectivity index (χ0n) is 21.9. The van der Waals surface area contributed by atoms with E-state index >= 15 is 0 Å². The molecule has 2 aromatic heterocycles. The molecule has 0 saturated heterocycles. The highest BCUT2D eigenvalue weighted by molar-refractivity contribution is 7.52. The number of pyridine rings is 1. The van der Waals surface area contributed by atoms with E-state index in [0.717, 1.165) is 12.8 Å². The number of primary amides is 1. The molecular formula is C26H33N3O9P+. The van der Waals surface area contributed by atoms with Crippen LogP contribution in [0.25, 0.3) is 5.88 Å². The SMILES string of the molecule is CCC(CC)COC(=O)[C@H](C)NP(=O)(OCc1oc(-[n+]2cccc(C(N)=O)c2)c(O)c1O)Oc1ccccc1. The summed E-state index contributed by atoms with van der Waals surface area (Å²) < 4.78 is 37.0. The molecule has 1 aromatic carbocycles. The van der Waals surface area contributed by atoms with Gasteiger partial charge in [0.15, 0.2) is 18.2 Å². The number of nitrogens with two attached hydrogens (primary N) is 1. The molecule has 13 heteroatoms. The molecule has 3 aromatic rings. The van der Waals surface area contributed by atoms with E-state index in [2.05, 4.69) is 5.09 Å². The maximum absolute atomic E-state index is 13.7. The molecular weight excluding hydrogens is 529 g/mol. The third-order valence-corrected chi connectivity index (χ3v) is 7.51. The molecule has 2 atom stereocenters. The number of esters is 1. The van der Waals surface area contributed by atoms with Crippen LogP contribution in [0.5, 0.6) is 17.2 Å². The standard InChI is InChI=1S/C26H32N3O9P/c1-4-18(5-2)15-35-26(33)17(3)28-39(34,38-20-11-7-6-8-12-20)36-16-21-22(30)23(31)25(37-21)29-13-9-10-19(14-29)24(27)32/h6-14,17-18H,4-5,15-16H2,1-3H3,(H4-,27,28,30,31,32,34)/p+1/t17-,39?/m0/s1. The van der Waals surface area contributed by atoms with Gasteiger partial charge in [0.1, 0.15) is 24.0 Å². The van der Waals surface area contributed by atoms with Gasteiger partial charge in [0.2, 0.25) is 5.75 Å². The molecule has 1 unspecified atom stereocenters. The number of nitrogens with zero attached hydrogens (tertiary/aromatic N) is 1. The molecule has 1 amide bonds. The fourth-order valence-corrected chi connectivity index (χ4v) is 4.91. The van der Waals surface area contributed by atoms with Crippen molar-refractivity contribution in [1.29, 1.82) is 0 Å². The van der Waals surface area contributed by atoms with Crippen LogP contribution >= 0.6 is 7.75 Å². The number of hydrogen-bond acceptors (Lipinski definition) is 9. The van der Waals surface area contributed by atoms with Gasteiger partial charge in [-0.15, -0.1) is 4.57 Å². The predicted molar refractivity (Wildman–Crippen MR) is 139 cm³/mol. The molecule has 39 heavy (non-hydrogen) atoms. The first-order chi connectivity index (χ1) is 18.6. The summed E-state index contributed by atoms with van der Waals surface area (Å²) in [4.78, 5) is 24.1. The first-order valence-corrected chi connectivity index (χ1v) is 13.9. The van der Waals surface area contributed by atoms with Gasteiger partial charge >= 0.3 is 19.6 Å². The van der Waals surface area contributed by atoms with E-state index in [1.54, 1.807) is 30.3 Å². The minimum Gasteiger partial charge on any atom is -0.502 e. The van der Waals surface area contributed by atoms with Gasteiger partial charge in [-0.1, -0.05) is 44.9 Å². The topological polar surface area (TPSA) is 174 Å². The number of nitrogens with one attached hydrogen (secondary N) is 1. The predicted octanol–water partition coefficient (Wildman–Crippen LogP) is 3.73. The van der Waals surface area contributed by atoms with Crippen LogP contribution in [0.1, 0.15) is 49.7 Å². The van der Waals surface area contributed by atoms with Crippen LogP contribution < -0.4 is 19.9 Å². The van der Waals surface area contributed by atoms with Crippen LogP contribution in [-0.4, -0.2) is 34.7 Å². The van der Waals surface area contributed by atoms with Crippen molar-refractivity contribution in [2.45, 2.75) is 46.3 Å². The third-order valence-electron chi connectivity index (χ3n) is 5.89. The number of benzene rings is 1. The van der Waals surface area contributed by atoms with E-state index in [9.17, 15) is 24.4 Å². The van der Waals surface area contributed by atoms with Gasteiger partial charge in [0.25, 0.3) is 11.7 Å². The Balaban J connectivity index is 1.80. The second-order valence-corrected chi connectivity index (χ2v) is 10.4. The number of carbonyl (C=O) groups is 2. The monoisotopic (exact) mass is 562 g/mol. The number of ether oxygens (including phenoxy) is 1. The van der Waals surface area contributed by atoms with E-state index in [1.807, 2.05) is 13.8 Å². The number of carbonyl (C=O) groups excluding carboxylic acids is 2. The number of para-hydroxylation sites is 1. The van der Waals surface area contributed by atoms with Gasteiger partial charge in [0.05, 0.1) is 6.61 Å². The molecule has 0 saturated carbocycles. The fraction of sp³-hybridized carbons (Fsp3) is 0.346. The van der Waals surface area contributed by atoms with Crippen LogP contribution in [0.15, 0.2) is 59.3 Å². The number of aromatic hydroxyl groups is 2. The van der Waals surface area contributed by atoms with E-state index < -0.39 is 43.8 Å². The smallest absolute Gasteiger partial charge is 0.459 e. The summed E-state index contributed by atoms with van der Waals surface area (Å²) in [5.74, 6) is -2.81. The first-order valence-electron chi connectivity index (χ1n) is 12.4. The highest BCUT2D eigenvalue weighted by Crippen LogP contribution is 2.47. The van der Waals surface area contributed by atoms with Crippen molar-refractivity contribution in [2.24, 2.45) is 11.7 Å². The van der Waals surface area contributed by atoms with Crippen LogP contribution in [0, 0.1) is 5.92 Å². The van der Waals surface area contributed by atoms with Crippen LogP contribution in [0.2, 0.25) is 0 Å². The Hall–Kier alpha value is -3.86. The molecule has 0 aliphatic rings. The van der Waals surface area contributed by atoms with Crippen LogP contribution in [0.3, 0.4) is 0 Å². The van der Waals surface area contributed by atoms with Crippen molar-refractivity contribution in [3.8, 4) is 23.1 Å². The van der Waals surface area contributed by atoms with Gasteiger partial charge < -0.3 is 29.6 Å². The Morgan fingerprint density at radius 1 is 1.10 bits per heavy atom. The second-order valence-electron chi connectivity index (χ2n) is 8.73. The van der Waals surface area contributed by atoms with E-state index in [4.69, 9.17) is 23.9 Å². The lowest BCUT2D eigenvalue weighted by Crippen LogP contribution is -2.35. The van der Waals surface area contributed by atoms with Crippen molar-refractivity contribution in [2.75, 3.05) is 6.61 Å². The van der Waals surface area contributed by atoms with Crippen molar-refractivity contribution in [3.05, 3.63) is 66.2 Å². The molecule has 0 fully saturated rings. The zero-order chi connectivity index (χ0) is 28.6. The average molecular weight is 563 g/mol. The average Bonchev–Trinajstić information content (AvgIpc) is 3.21. The molecule has 0 bridgehead atoms. The number of furan rings is 1. The van der Waals surface area contributed by atoms with Gasteiger partial charge in [-0.3, -0.25) is 14.1 Å². The second kappa shape index (κ2) is 13.3. The summed E-state index contributed by atoms with van der Waals surface area (Å²) in [5, 5.41) is 23.4. The van der Waals surface area contributed by atoms with Gasteiger partial charge in [-0.25, -0.2) is 4.57 Å². The molecule has 2 heterocycles. The summed E-state index contributed by atoms with van der Waals surface area (Å²) in [5.41, 5.74) is 5.43. The Morgan fingerprint density at radius 2 is 1.79 bits per heavy atom. The first kappa shape index (κ1) is 29.7. The van der Waals surface area contributed by atoms with Crippen molar-refractivity contribution >= 4 is 19.6 Å². The molecule has 3 rings (SSSR count). The maximum Gasteiger partial charge on any atom is 0.459 e. The van der Waals surface area contributed by atoms with Crippen molar-refractivity contribution < 1.29 is 47.1 Å². The number of amides is 1. The zero-order valence-corrected chi connectivity index (χ0v) is 22.8. The van der Waals surface area contributed by atoms with Crippen LogP contribution in [0.4, 0.5) is 0 Å². The van der Waals surface area contributed by atoms with Gasteiger partial charge in [-0.2, -0.15) is 5.09 Å². The Labute approximate surface area is 225 Å². The number of hydrogen-bond donors (Lipinski definition) is 4. The Kier molecular flexibility index (Phi) is 10.1. The highest BCUT2D eigenvalue weighted by atomic mass is 31.2. The lowest BCUT2D eigenvalue weighted by atomic mass is 10.1. The minimum absolute atomic E-state index is 0.126. The fourth-order valence-electron chi connectivity index (χ4n) is 3.46. The summed E-state index contributed by atoms with van der Waals surface area (Å²) in [6, 6.07) is 10.0. The lowest BCUT2D eigenvalue weighted by molar-refractivity contribution is -0.610. The van der Waals surface area contributed by atoms with E-state index in [1.165, 1.54) is 36.0 Å². The lowest BCUT2D eigenvalue weighted by Gasteiger charge is -2.23. The highest BCUT2D eigenvalue weighted by Gasteiger charge is 2.35. The minimum atomic E-state index is -4.27. The quantitative estimate of drug-likeness (QED) is 0.129. The van der Waals surface area contributed by atoms with E-state index in [0.29, 0.717) is 0 Å². The molecule has 0 spiro atoms. The maximum atomic E-state index is 13.7. The largest absolute Gasteiger partial charge is 0.502 e. The van der Waals surface area contributed by atoms with Crippen molar-refractivity contribution in [1.82, 2.24) is 5.09 Å². The van der Waals surface area contributed by atoms with Crippen molar-refractivity contribution in [3.63, 3.8) is 0 Å². The normalized spacial score (nSPS) is 13.5. The van der Waals surface area contributed by atoms with Gasteiger partial charge in [0, 0.05) is 6.07 Å². The summed E-state index contributed by atoms with van der Waals surface area (Å²) in [6.07, 6.45) is 4.44. The molecule has 210 valence electrons. The summed E-state index contributed by atoms with van der Waals surface area (Å²) >= 11 is 0. The molecule has 0 aliphatic heterocycles. The Morgan fingerprint density at radius 3 is 2.44 bits per heavy atom. The molecule has 0 aliphatic carbocycles. The third kappa shape index (κ3) is 7.82. The summed E-state index contributed by atoms with van der Waals surface area (Å²) in [6.45, 7) is 5.05. The van der Waals surface area contributed by atoms with E-state index in [-0.39, 0.29) is 35.5 Å². The van der Waals surface area contributed by atoms with Crippen LogP contribution in [-0.2, 0) is 25.2 Å². The number of rotatable bonds is 14. The molecule has 5 N–H and O–H groups in total. The molecule has 12 nitrogen and oxygen atoms in total.